The fourth-order valence-corrected chi connectivity index (χ4v) is 4.55. The maximum absolute atomic E-state index is 13.1. The molecule has 6 nitrogen and oxygen atoms in total. The highest BCUT2D eigenvalue weighted by Gasteiger charge is 2.28. The van der Waals surface area contributed by atoms with Gasteiger partial charge in [-0.3, -0.25) is 14.0 Å². The summed E-state index contributed by atoms with van der Waals surface area (Å²) in [7, 11) is 0. The maximum Gasteiger partial charge on any atom is 0.290 e. The van der Waals surface area contributed by atoms with Crippen LogP contribution in [0.2, 0.25) is 0 Å². The average Bonchev–Trinajstić information content (AvgIpc) is 2.90. The van der Waals surface area contributed by atoms with Gasteiger partial charge < -0.3 is 10.2 Å². The standard InChI is InChI=1S/C22H30N4O2/c1-16-9-8-13-25(15-16)22(28)20-24-19(18-12-6-7-14-26(18)20)21(27)23-17-10-4-2-3-5-11-17/h6-7,12,14,16-17H,2-5,8-11,13,15H2,1H3,(H,23,27). The normalized spacial score (nSPS) is 21.5. The van der Waals surface area contributed by atoms with Crippen molar-refractivity contribution in [2.45, 2.75) is 64.3 Å². The van der Waals surface area contributed by atoms with Crippen molar-refractivity contribution in [1.29, 1.82) is 0 Å². The van der Waals surface area contributed by atoms with Gasteiger partial charge in [0.1, 0.15) is 0 Å². The number of fused-ring (bicyclic) bond motifs is 1. The molecule has 6 heteroatoms. The summed E-state index contributed by atoms with van der Waals surface area (Å²) >= 11 is 0. The van der Waals surface area contributed by atoms with Crippen molar-refractivity contribution in [3.05, 3.63) is 35.9 Å². The van der Waals surface area contributed by atoms with E-state index in [0.717, 1.165) is 51.6 Å². The molecule has 28 heavy (non-hydrogen) atoms. The first-order valence-electron chi connectivity index (χ1n) is 10.7. The summed E-state index contributed by atoms with van der Waals surface area (Å²) in [4.78, 5) is 32.5. The van der Waals surface area contributed by atoms with Gasteiger partial charge in [0, 0.05) is 25.3 Å². The van der Waals surface area contributed by atoms with Gasteiger partial charge >= 0.3 is 0 Å². The minimum atomic E-state index is -0.165. The lowest BCUT2D eigenvalue weighted by Crippen LogP contribution is -2.40. The van der Waals surface area contributed by atoms with Crippen molar-refractivity contribution in [2.75, 3.05) is 13.1 Å². The highest BCUT2D eigenvalue weighted by atomic mass is 16.2. The lowest BCUT2D eigenvalue weighted by Gasteiger charge is -2.30. The van der Waals surface area contributed by atoms with Crippen molar-refractivity contribution in [3.63, 3.8) is 0 Å². The van der Waals surface area contributed by atoms with Gasteiger partial charge in [0.15, 0.2) is 5.69 Å². The molecule has 0 spiro atoms. The van der Waals surface area contributed by atoms with E-state index in [1.165, 1.54) is 12.8 Å². The molecule has 1 unspecified atom stereocenters. The van der Waals surface area contributed by atoms with Crippen molar-refractivity contribution < 1.29 is 9.59 Å². The molecular formula is C22H30N4O2. The van der Waals surface area contributed by atoms with Gasteiger partial charge in [0.05, 0.1) is 5.52 Å². The predicted molar refractivity (Wildman–Crippen MR) is 108 cm³/mol. The molecule has 0 aromatic carbocycles. The molecule has 2 aliphatic rings. The number of carbonyl (C=O) groups is 2. The topological polar surface area (TPSA) is 66.7 Å². The molecule has 1 saturated carbocycles. The lowest BCUT2D eigenvalue weighted by atomic mass is 10.0. The van der Waals surface area contributed by atoms with Crippen LogP contribution >= 0.6 is 0 Å². The third-order valence-corrected chi connectivity index (χ3v) is 6.09. The molecule has 2 aromatic heterocycles. The van der Waals surface area contributed by atoms with E-state index in [9.17, 15) is 9.59 Å². The number of nitrogens with zero attached hydrogens (tertiary/aromatic N) is 3. The first-order valence-corrected chi connectivity index (χ1v) is 10.7. The Morgan fingerprint density at radius 1 is 1.07 bits per heavy atom. The average molecular weight is 383 g/mol. The number of likely N-dealkylation sites (tertiary alicyclic amines) is 1. The van der Waals surface area contributed by atoms with E-state index in [1.807, 2.05) is 29.3 Å². The fourth-order valence-electron chi connectivity index (χ4n) is 4.55. The van der Waals surface area contributed by atoms with E-state index in [4.69, 9.17) is 0 Å². The Hall–Kier alpha value is -2.37. The summed E-state index contributed by atoms with van der Waals surface area (Å²) in [5.41, 5.74) is 1.06. The maximum atomic E-state index is 13.1. The van der Waals surface area contributed by atoms with Crippen molar-refractivity contribution in [2.24, 2.45) is 5.92 Å². The number of piperidine rings is 1. The molecule has 2 aromatic rings. The summed E-state index contributed by atoms with van der Waals surface area (Å²) in [6, 6.07) is 5.83. The third kappa shape index (κ3) is 3.91. The molecule has 1 aliphatic heterocycles. The van der Waals surface area contributed by atoms with E-state index in [2.05, 4.69) is 17.2 Å². The Morgan fingerprint density at radius 2 is 1.86 bits per heavy atom. The Balaban J connectivity index is 1.60. The van der Waals surface area contributed by atoms with E-state index < -0.39 is 0 Å². The van der Waals surface area contributed by atoms with Crippen LogP contribution in [0.1, 0.15) is 79.4 Å². The molecule has 1 aliphatic carbocycles. The van der Waals surface area contributed by atoms with Crippen LogP contribution in [0.25, 0.3) is 5.52 Å². The molecule has 3 heterocycles. The minimum absolute atomic E-state index is 0.0822. The van der Waals surface area contributed by atoms with Crippen LogP contribution in [-0.2, 0) is 0 Å². The van der Waals surface area contributed by atoms with E-state index in [-0.39, 0.29) is 17.9 Å². The van der Waals surface area contributed by atoms with Crippen LogP contribution in [0.5, 0.6) is 0 Å². The molecule has 2 fully saturated rings. The van der Waals surface area contributed by atoms with E-state index >= 15 is 0 Å². The summed E-state index contributed by atoms with van der Waals surface area (Å²) in [6.45, 7) is 3.69. The summed E-state index contributed by atoms with van der Waals surface area (Å²) in [5.74, 6) is 0.598. The first kappa shape index (κ1) is 19.0. The lowest BCUT2D eigenvalue weighted by molar-refractivity contribution is 0.0670. The monoisotopic (exact) mass is 382 g/mol. The zero-order valence-corrected chi connectivity index (χ0v) is 16.7. The molecule has 1 N–H and O–H groups in total. The zero-order valence-electron chi connectivity index (χ0n) is 16.7. The molecular weight excluding hydrogens is 352 g/mol. The Kier molecular flexibility index (Phi) is 5.64. The van der Waals surface area contributed by atoms with Crippen LogP contribution in [0.4, 0.5) is 0 Å². The quantitative estimate of drug-likeness (QED) is 0.824. The number of rotatable bonds is 3. The van der Waals surface area contributed by atoms with Gasteiger partial charge in [-0.2, -0.15) is 0 Å². The Bertz CT molecular complexity index is 851. The van der Waals surface area contributed by atoms with Gasteiger partial charge in [0.25, 0.3) is 11.8 Å². The smallest absolute Gasteiger partial charge is 0.290 e. The molecule has 150 valence electrons. The molecule has 1 saturated heterocycles. The van der Waals surface area contributed by atoms with Crippen LogP contribution in [0.3, 0.4) is 0 Å². The van der Waals surface area contributed by atoms with Crippen molar-refractivity contribution in [3.8, 4) is 0 Å². The number of amides is 2. The van der Waals surface area contributed by atoms with Crippen LogP contribution in [-0.4, -0.2) is 45.2 Å². The van der Waals surface area contributed by atoms with Crippen LogP contribution in [0, 0.1) is 5.92 Å². The van der Waals surface area contributed by atoms with Gasteiger partial charge in [-0.15, -0.1) is 0 Å². The SMILES string of the molecule is CC1CCCN(C(=O)c2nc(C(=O)NC3CCCCCC3)c3ccccn23)C1. The van der Waals surface area contributed by atoms with E-state index in [1.54, 1.807) is 4.40 Å². The molecule has 0 radical (unpaired) electrons. The first-order chi connectivity index (χ1) is 13.6. The summed E-state index contributed by atoms with van der Waals surface area (Å²) in [6.07, 6.45) is 10.8. The van der Waals surface area contributed by atoms with Gasteiger partial charge in [-0.05, 0) is 43.7 Å². The zero-order chi connectivity index (χ0) is 19.5. The predicted octanol–water partition coefficient (Wildman–Crippen LogP) is 3.66. The second-order valence-corrected chi connectivity index (χ2v) is 8.40. The van der Waals surface area contributed by atoms with Gasteiger partial charge in [-0.25, -0.2) is 4.98 Å². The minimum Gasteiger partial charge on any atom is -0.348 e. The van der Waals surface area contributed by atoms with Gasteiger partial charge in [0.2, 0.25) is 5.82 Å². The second kappa shape index (κ2) is 8.33. The third-order valence-electron chi connectivity index (χ3n) is 6.09. The summed E-state index contributed by atoms with van der Waals surface area (Å²) < 4.78 is 1.77. The number of pyridine rings is 1. The van der Waals surface area contributed by atoms with Crippen LogP contribution in [0.15, 0.2) is 24.4 Å². The number of hydrogen-bond acceptors (Lipinski definition) is 3. The number of carbonyl (C=O) groups excluding carboxylic acids is 2. The number of nitrogens with one attached hydrogen (secondary N) is 1. The largest absolute Gasteiger partial charge is 0.348 e. The summed E-state index contributed by atoms with van der Waals surface area (Å²) in [5, 5.41) is 3.17. The van der Waals surface area contributed by atoms with Crippen LogP contribution < -0.4 is 5.32 Å². The number of hydrogen-bond donors (Lipinski definition) is 1. The van der Waals surface area contributed by atoms with Crippen molar-refractivity contribution in [1.82, 2.24) is 19.6 Å². The second-order valence-electron chi connectivity index (χ2n) is 8.40. The molecule has 0 bridgehead atoms. The Labute approximate surface area is 166 Å². The highest BCUT2D eigenvalue weighted by molar-refractivity contribution is 6.02. The number of imidazole rings is 1. The molecule has 2 amide bonds. The van der Waals surface area contributed by atoms with E-state index in [0.29, 0.717) is 23.0 Å². The number of aromatic nitrogens is 2. The highest BCUT2D eigenvalue weighted by Crippen LogP contribution is 2.21. The Morgan fingerprint density at radius 3 is 2.61 bits per heavy atom. The molecule has 1 atom stereocenters. The van der Waals surface area contributed by atoms with Crippen molar-refractivity contribution >= 4 is 17.3 Å². The fraction of sp³-hybridized carbons (Fsp3) is 0.591. The molecule has 4 rings (SSSR count). The van der Waals surface area contributed by atoms with Gasteiger partial charge in [-0.1, -0.05) is 38.7 Å².